The summed E-state index contributed by atoms with van der Waals surface area (Å²) in [4.78, 5) is 16.3. The summed E-state index contributed by atoms with van der Waals surface area (Å²) in [6.07, 6.45) is 0. The third-order valence-electron chi connectivity index (χ3n) is 3.35. The summed E-state index contributed by atoms with van der Waals surface area (Å²) in [5, 5.41) is 3.03. The van der Waals surface area contributed by atoms with Crippen LogP contribution in [0.4, 0.5) is 0 Å². The summed E-state index contributed by atoms with van der Waals surface area (Å²) in [6, 6.07) is 6.76. The predicted molar refractivity (Wildman–Crippen MR) is 78.1 cm³/mol. The number of nitrogens with one attached hydrogen (secondary N) is 1. The third-order valence-corrected chi connectivity index (χ3v) is 5.19. The molecule has 2 aromatic rings. The van der Waals surface area contributed by atoms with Crippen LogP contribution in [0.2, 0.25) is 5.02 Å². The lowest BCUT2D eigenvalue weighted by atomic mass is 10.1. The van der Waals surface area contributed by atoms with Gasteiger partial charge in [0.2, 0.25) is 15.0 Å². The molecule has 2 heterocycles. The molecule has 0 spiro atoms. The molecule has 110 valence electrons. The first-order valence-electron chi connectivity index (χ1n) is 6.25. The minimum Gasteiger partial charge on any atom is -0.354 e. The Balaban J connectivity index is 2.26. The van der Waals surface area contributed by atoms with E-state index in [9.17, 15) is 13.2 Å². The first-order valence-corrected chi connectivity index (χ1v) is 8.28. The fraction of sp³-hybridized carbons (Fsp3) is 0.231. The maximum atomic E-state index is 12.1. The predicted octanol–water partition coefficient (Wildman–Crippen LogP) is 1.35. The van der Waals surface area contributed by atoms with Crippen molar-refractivity contribution in [2.24, 2.45) is 0 Å². The highest BCUT2D eigenvalue weighted by atomic mass is 35.5. The summed E-state index contributed by atoms with van der Waals surface area (Å²) in [6.45, 7) is 0.237. The Bertz CT molecular complexity index is 825. The maximum Gasteiger partial charge on any atom is 0.270 e. The monoisotopic (exact) mass is 325 g/mol. The van der Waals surface area contributed by atoms with Gasteiger partial charge in [-0.2, -0.15) is 0 Å². The van der Waals surface area contributed by atoms with Gasteiger partial charge in [0, 0.05) is 24.2 Å². The minimum atomic E-state index is -3.42. The second-order valence-corrected chi connectivity index (χ2v) is 7.09. The van der Waals surface area contributed by atoms with Crippen molar-refractivity contribution in [3.05, 3.63) is 35.0 Å². The molecule has 1 aliphatic rings. The van der Waals surface area contributed by atoms with E-state index in [0.717, 1.165) is 0 Å². The van der Waals surface area contributed by atoms with Crippen LogP contribution in [0.15, 0.2) is 29.4 Å². The van der Waals surface area contributed by atoms with Gasteiger partial charge in [-0.15, -0.1) is 0 Å². The highest BCUT2D eigenvalue weighted by Gasteiger charge is 2.35. The summed E-state index contributed by atoms with van der Waals surface area (Å²) in [7, 11) is -1.92. The van der Waals surface area contributed by atoms with Gasteiger partial charge in [-0.25, -0.2) is 13.4 Å². The van der Waals surface area contributed by atoms with Crippen LogP contribution < -0.4 is 5.32 Å². The van der Waals surface area contributed by atoms with Crippen LogP contribution >= 0.6 is 11.6 Å². The molecule has 1 aromatic carbocycles. The zero-order valence-electron chi connectivity index (χ0n) is 11.1. The number of amides is 1. The Morgan fingerprint density at radius 2 is 2.00 bits per heavy atom. The van der Waals surface area contributed by atoms with Crippen LogP contribution in [-0.2, 0) is 16.4 Å². The standard InChI is InChI=1S/C13H12ClN3O3S/c1-15-12(18)11-10(8-2-4-9(14)5-3-8)16-13-17(11)6-7-21(13,19)20/h2-5H,6-7H2,1H3,(H,15,18). The Morgan fingerprint density at radius 1 is 1.33 bits per heavy atom. The zero-order chi connectivity index (χ0) is 15.2. The van der Waals surface area contributed by atoms with Gasteiger partial charge in [-0.3, -0.25) is 4.79 Å². The number of fused-ring (bicyclic) bond motifs is 1. The first-order chi connectivity index (χ1) is 9.94. The van der Waals surface area contributed by atoms with Gasteiger partial charge in [0.05, 0.1) is 5.75 Å². The number of hydrogen-bond acceptors (Lipinski definition) is 4. The molecule has 1 N–H and O–H groups in total. The van der Waals surface area contributed by atoms with Gasteiger partial charge < -0.3 is 9.88 Å². The number of aromatic nitrogens is 2. The van der Waals surface area contributed by atoms with Crippen molar-refractivity contribution in [1.29, 1.82) is 0 Å². The molecule has 1 aromatic heterocycles. The van der Waals surface area contributed by atoms with Gasteiger partial charge in [-0.1, -0.05) is 23.7 Å². The third kappa shape index (κ3) is 2.22. The number of sulfone groups is 1. The van der Waals surface area contributed by atoms with Crippen LogP contribution in [-0.4, -0.2) is 36.7 Å². The molecule has 0 unspecified atom stereocenters. The molecule has 8 heteroatoms. The van der Waals surface area contributed by atoms with E-state index in [1.807, 2.05) is 0 Å². The maximum absolute atomic E-state index is 12.1. The molecular formula is C13H12ClN3O3S. The van der Waals surface area contributed by atoms with Crippen LogP contribution in [0, 0.1) is 0 Å². The fourth-order valence-electron chi connectivity index (χ4n) is 2.34. The molecule has 0 fully saturated rings. The van der Waals surface area contributed by atoms with Gasteiger partial charge in [0.15, 0.2) is 0 Å². The minimum absolute atomic E-state index is 0.0276. The molecular weight excluding hydrogens is 314 g/mol. The van der Waals surface area contributed by atoms with Crippen molar-refractivity contribution >= 4 is 27.3 Å². The van der Waals surface area contributed by atoms with Crippen molar-refractivity contribution in [1.82, 2.24) is 14.9 Å². The molecule has 3 rings (SSSR count). The number of halogens is 1. The van der Waals surface area contributed by atoms with Crippen LogP contribution in [0.3, 0.4) is 0 Å². The molecule has 0 aliphatic carbocycles. The van der Waals surface area contributed by atoms with Gasteiger partial charge >= 0.3 is 0 Å². The molecule has 0 atom stereocenters. The van der Waals surface area contributed by atoms with E-state index in [2.05, 4.69) is 10.3 Å². The molecule has 6 nitrogen and oxygen atoms in total. The number of benzene rings is 1. The van der Waals surface area contributed by atoms with E-state index in [0.29, 0.717) is 16.3 Å². The lowest BCUT2D eigenvalue weighted by Gasteiger charge is -2.06. The summed E-state index contributed by atoms with van der Waals surface area (Å²) >= 11 is 5.85. The quantitative estimate of drug-likeness (QED) is 0.903. The molecule has 0 saturated carbocycles. The van der Waals surface area contributed by atoms with Crippen LogP contribution in [0.5, 0.6) is 0 Å². The Kier molecular flexibility index (Phi) is 3.26. The van der Waals surface area contributed by atoms with E-state index < -0.39 is 9.84 Å². The highest BCUT2D eigenvalue weighted by Crippen LogP contribution is 2.30. The number of rotatable bonds is 2. The van der Waals surface area contributed by atoms with Crippen LogP contribution in [0.25, 0.3) is 11.3 Å². The van der Waals surface area contributed by atoms with Crippen molar-refractivity contribution in [3.63, 3.8) is 0 Å². The summed E-state index contributed by atoms with van der Waals surface area (Å²) in [5.41, 5.74) is 1.26. The van der Waals surface area contributed by atoms with E-state index in [1.165, 1.54) is 11.6 Å². The van der Waals surface area contributed by atoms with Gasteiger partial charge in [0.25, 0.3) is 5.91 Å². The highest BCUT2D eigenvalue weighted by molar-refractivity contribution is 7.91. The molecule has 0 bridgehead atoms. The average molecular weight is 326 g/mol. The number of carbonyl (C=O) groups is 1. The van der Waals surface area contributed by atoms with E-state index in [1.54, 1.807) is 24.3 Å². The second kappa shape index (κ2) is 4.85. The van der Waals surface area contributed by atoms with Crippen molar-refractivity contribution < 1.29 is 13.2 Å². The van der Waals surface area contributed by atoms with E-state index >= 15 is 0 Å². The number of carbonyl (C=O) groups excluding carboxylic acids is 1. The molecule has 1 amide bonds. The Hall–Kier alpha value is -1.86. The Labute approximate surface area is 126 Å². The lowest BCUT2D eigenvalue weighted by Crippen LogP contribution is -2.22. The normalized spacial score (nSPS) is 15.7. The number of hydrogen-bond donors (Lipinski definition) is 1. The zero-order valence-corrected chi connectivity index (χ0v) is 12.7. The van der Waals surface area contributed by atoms with Crippen molar-refractivity contribution in [2.75, 3.05) is 12.8 Å². The average Bonchev–Trinajstić information content (AvgIpc) is 2.97. The van der Waals surface area contributed by atoms with E-state index in [-0.39, 0.29) is 29.1 Å². The second-order valence-electron chi connectivity index (χ2n) is 4.65. The van der Waals surface area contributed by atoms with Crippen LogP contribution in [0.1, 0.15) is 10.5 Å². The van der Waals surface area contributed by atoms with Gasteiger partial charge in [-0.05, 0) is 12.1 Å². The van der Waals surface area contributed by atoms with E-state index in [4.69, 9.17) is 11.6 Å². The lowest BCUT2D eigenvalue weighted by molar-refractivity contribution is 0.0954. The van der Waals surface area contributed by atoms with Crippen molar-refractivity contribution in [2.45, 2.75) is 11.7 Å². The molecule has 0 saturated heterocycles. The van der Waals surface area contributed by atoms with Crippen molar-refractivity contribution in [3.8, 4) is 11.3 Å². The smallest absolute Gasteiger partial charge is 0.270 e. The number of nitrogens with zero attached hydrogens (tertiary/aromatic N) is 2. The summed E-state index contributed by atoms with van der Waals surface area (Å²) < 4.78 is 25.4. The molecule has 0 radical (unpaired) electrons. The van der Waals surface area contributed by atoms with Gasteiger partial charge in [0.1, 0.15) is 11.4 Å². The SMILES string of the molecule is CNC(=O)c1c(-c2ccc(Cl)cc2)nc2n1CCS2(=O)=O. The largest absolute Gasteiger partial charge is 0.354 e. The molecule has 21 heavy (non-hydrogen) atoms. The molecule has 1 aliphatic heterocycles. The Morgan fingerprint density at radius 3 is 2.62 bits per heavy atom. The fourth-order valence-corrected chi connectivity index (χ4v) is 3.82. The first kappa shape index (κ1) is 14.1. The summed E-state index contributed by atoms with van der Waals surface area (Å²) in [5.74, 6) is -0.393. The topological polar surface area (TPSA) is 81.1 Å². The number of imidazole rings is 1.